The lowest BCUT2D eigenvalue weighted by Crippen LogP contribution is -2.24. The molecule has 68 heavy (non-hydrogen) atoms. The molecule has 2 unspecified atom stereocenters. The second-order valence-electron chi connectivity index (χ2n) is 18.1. The number of aliphatic hydroxyl groups excluding tert-OH is 2. The molecular weight excluding hydrogens is 907 g/mol. The molecule has 2 aliphatic rings. The molecule has 1 aromatic heterocycles. The summed E-state index contributed by atoms with van der Waals surface area (Å²) < 4.78 is 35.4. The lowest BCUT2D eigenvalue weighted by atomic mass is 9.88. The predicted octanol–water partition coefficient (Wildman–Crippen LogP) is 10.8. The summed E-state index contributed by atoms with van der Waals surface area (Å²) in [5.41, 5.74) is 6.63. The van der Waals surface area contributed by atoms with Crippen molar-refractivity contribution < 1.29 is 47.9 Å². The fourth-order valence-corrected chi connectivity index (χ4v) is 10.9. The molecular formula is C54H68ClFN2O9S. The van der Waals surface area contributed by atoms with Crippen molar-refractivity contribution in [3.05, 3.63) is 109 Å². The average Bonchev–Trinajstić information content (AvgIpc) is 4.01. The molecule has 0 radical (unpaired) electrons. The van der Waals surface area contributed by atoms with Crippen molar-refractivity contribution in [2.45, 2.75) is 129 Å². The van der Waals surface area contributed by atoms with Gasteiger partial charge in [0.1, 0.15) is 17.3 Å². The first-order valence-corrected chi connectivity index (χ1v) is 25.3. The summed E-state index contributed by atoms with van der Waals surface area (Å²) in [6.45, 7) is 7.16. The molecule has 2 aliphatic carbocycles. The lowest BCUT2D eigenvalue weighted by Gasteiger charge is -2.22. The van der Waals surface area contributed by atoms with Crippen LogP contribution in [-0.4, -0.2) is 72.3 Å². The van der Waals surface area contributed by atoms with Crippen LogP contribution in [0.3, 0.4) is 0 Å². The van der Waals surface area contributed by atoms with E-state index in [9.17, 15) is 34.2 Å². The predicted molar refractivity (Wildman–Crippen MR) is 262 cm³/mol. The van der Waals surface area contributed by atoms with E-state index in [1.807, 2.05) is 62.4 Å². The van der Waals surface area contributed by atoms with Gasteiger partial charge in [-0.2, -0.15) is 9.65 Å². The first-order valence-electron chi connectivity index (χ1n) is 24.0. The monoisotopic (exact) mass is 974 g/mol. The number of unbranched alkanes of at least 4 members (excludes halogenated alkanes) is 2. The summed E-state index contributed by atoms with van der Waals surface area (Å²) >= 11 is 7.69. The van der Waals surface area contributed by atoms with Gasteiger partial charge in [-0.15, -0.1) is 22.9 Å². The molecule has 2 saturated carbocycles. The number of benzene rings is 3. The third-order valence-corrected chi connectivity index (χ3v) is 15.0. The molecule has 6 atom stereocenters. The number of hydrogen-bond donors (Lipinski definition) is 2. The Morgan fingerprint density at radius 2 is 1.71 bits per heavy atom. The zero-order valence-corrected chi connectivity index (χ0v) is 41.8. The Balaban J connectivity index is 0.000000254. The van der Waals surface area contributed by atoms with Gasteiger partial charge in [-0.3, -0.25) is 9.59 Å². The van der Waals surface area contributed by atoms with Gasteiger partial charge < -0.3 is 29.2 Å². The first-order chi connectivity index (χ1) is 32.8. The van der Waals surface area contributed by atoms with E-state index >= 15 is 0 Å². The Morgan fingerprint density at radius 3 is 2.41 bits per heavy atom. The molecule has 14 heteroatoms. The van der Waals surface area contributed by atoms with Crippen LogP contribution in [0.5, 0.6) is 11.5 Å². The number of methoxy groups -OCH3 is 2. The number of halogens is 2. The quantitative estimate of drug-likeness (QED) is 0.0413. The van der Waals surface area contributed by atoms with E-state index in [0.717, 1.165) is 120 Å². The standard InChI is InChI=1S/C28H33NO5.C26H35ClFNO4S/c1-18-12-24(13-19(2)25(18)10-11-30)34-17-26-22(6-8-27(26)31)15-20-4-5-23(16-29)21(14-20)7-9-28(32)33-3;1-3-4-5-11-22(30)18-9-6-10-19(15-18)33-16-20-17(13-14-21(20)27)8-7-12-23-29-25(28)24(34-23)26(31)32-2/h4-5,12-14,22,26,30H,6-11,15,17H2,1-3H3;6,9-10,15,17,20-22,30H,3-5,7-8,11-14,16H2,1-2H3/t22-,26-;17-,20+,21?,22?/m10/s1. The molecule has 11 nitrogen and oxygen atoms in total. The second kappa shape index (κ2) is 27.4. The number of Topliss-reactive ketones (excluding diaryl/α,β-unsaturated/α-hetero) is 1. The third kappa shape index (κ3) is 15.6. The molecule has 0 saturated heterocycles. The lowest BCUT2D eigenvalue weighted by molar-refractivity contribution is -0.140. The maximum Gasteiger partial charge on any atom is 0.352 e. The average molecular weight is 976 g/mol. The summed E-state index contributed by atoms with van der Waals surface area (Å²) in [6, 6.07) is 19.6. The number of thiazole rings is 1. The van der Waals surface area contributed by atoms with Gasteiger partial charge in [0, 0.05) is 30.7 Å². The zero-order chi connectivity index (χ0) is 49.2. The number of aryl methyl sites for hydroxylation is 4. The Kier molecular flexibility index (Phi) is 21.8. The molecule has 1 heterocycles. The summed E-state index contributed by atoms with van der Waals surface area (Å²) in [4.78, 5) is 39.6. The van der Waals surface area contributed by atoms with Crippen molar-refractivity contribution in [3.63, 3.8) is 0 Å². The number of carbonyl (C=O) groups excluding carboxylic acids is 3. The number of rotatable bonds is 23. The van der Waals surface area contributed by atoms with E-state index in [4.69, 9.17) is 25.8 Å². The Labute approximate surface area is 410 Å². The minimum atomic E-state index is -0.752. The number of ether oxygens (including phenoxy) is 4. The van der Waals surface area contributed by atoms with E-state index < -0.39 is 18.0 Å². The highest BCUT2D eigenvalue weighted by atomic mass is 35.5. The van der Waals surface area contributed by atoms with Crippen LogP contribution in [0.25, 0.3) is 0 Å². The van der Waals surface area contributed by atoms with E-state index in [0.29, 0.717) is 55.4 Å². The molecule has 3 aromatic carbocycles. The first kappa shape index (κ1) is 54.1. The molecule has 4 aromatic rings. The molecule has 0 aliphatic heterocycles. The smallest absolute Gasteiger partial charge is 0.352 e. The van der Waals surface area contributed by atoms with Crippen molar-refractivity contribution in [1.29, 1.82) is 5.26 Å². The highest BCUT2D eigenvalue weighted by molar-refractivity contribution is 7.13. The van der Waals surface area contributed by atoms with Gasteiger partial charge >= 0.3 is 11.9 Å². The van der Waals surface area contributed by atoms with Crippen LogP contribution in [0.4, 0.5) is 4.39 Å². The second-order valence-corrected chi connectivity index (χ2v) is 19.7. The van der Waals surface area contributed by atoms with Crippen LogP contribution in [-0.2, 0) is 44.7 Å². The highest BCUT2D eigenvalue weighted by Gasteiger charge is 2.36. The molecule has 6 rings (SSSR count). The SMILES string of the molecule is CCCCCC(O)c1cccc(OC[C@H]2C(Cl)CC[C@@H]2CCCc2nc(F)c(C(=O)OC)s2)c1.COC(=O)CCc1cc(C[C@H]2CCC(=O)[C@@H]2COc2cc(C)c(CCO)c(C)c2)ccc1C#N. The minimum absolute atomic E-state index is 0.0658. The van der Waals surface area contributed by atoms with Crippen LogP contribution < -0.4 is 9.47 Å². The van der Waals surface area contributed by atoms with E-state index in [2.05, 4.69) is 22.7 Å². The van der Waals surface area contributed by atoms with E-state index in [-0.39, 0.29) is 52.8 Å². The Bertz CT molecular complexity index is 2310. The number of alkyl halides is 1. The number of carbonyl (C=O) groups is 3. The van der Waals surface area contributed by atoms with E-state index in [1.54, 1.807) is 6.07 Å². The molecule has 2 N–H and O–H groups in total. The molecule has 0 bridgehead atoms. The van der Waals surface area contributed by atoms with E-state index in [1.165, 1.54) is 14.2 Å². The largest absolute Gasteiger partial charge is 0.493 e. The Morgan fingerprint density at radius 1 is 0.941 bits per heavy atom. The number of aliphatic hydroxyl groups is 2. The summed E-state index contributed by atoms with van der Waals surface area (Å²) in [5, 5.41) is 29.8. The third-order valence-electron chi connectivity index (χ3n) is 13.4. The number of esters is 2. The number of nitrogens with zero attached hydrogens (tertiary/aromatic N) is 2. The highest BCUT2D eigenvalue weighted by Crippen LogP contribution is 2.40. The van der Waals surface area contributed by atoms with Crippen molar-refractivity contribution in [3.8, 4) is 17.6 Å². The number of nitriles is 1. The fourth-order valence-electron chi connectivity index (χ4n) is 9.55. The molecule has 368 valence electrons. The van der Waals surface area contributed by atoms with Crippen LogP contribution in [0.1, 0.15) is 137 Å². The number of hydrogen-bond acceptors (Lipinski definition) is 12. The topological polar surface area (TPSA) is 165 Å². The minimum Gasteiger partial charge on any atom is -0.493 e. The normalized spacial score (nSPS) is 19.2. The maximum absolute atomic E-state index is 13.9. The van der Waals surface area contributed by atoms with Crippen molar-refractivity contribution in [2.24, 2.45) is 23.7 Å². The molecule has 0 spiro atoms. The van der Waals surface area contributed by atoms with Gasteiger partial charge in [-0.1, -0.05) is 50.5 Å². The Hall–Kier alpha value is -4.87. The summed E-state index contributed by atoms with van der Waals surface area (Å²) in [6.07, 6.45) is 11.4. The number of ketones is 1. The number of aromatic nitrogens is 1. The van der Waals surface area contributed by atoms with Crippen LogP contribution >= 0.6 is 22.9 Å². The summed E-state index contributed by atoms with van der Waals surface area (Å²) in [5.74, 6) is 0.658. The van der Waals surface area contributed by atoms with Crippen LogP contribution in [0.2, 0.25) is 0 Å². The molecule has 0 amide bonds. The van der Waals surface area contributed by atoms with Crippen molar-refractivity contribution >= 4 is 40.7 Å². The van der Waals surface area contributed by atoms with Gasteiger partial charge in [-0.25, -0.2) is 9.78 Å². The van der Waals surface area contributed by atoms with Gasteiger partial charge in [0.25, 0.3) is 0 Å². The zero-order valence-electron chi connectivity index (χ0n) is 40.2. The van der Waals surface area contributed by atoms with Gasteiger partial charge in [-0.05, 0) is 154 Å². The summed E-state index contributed by atoms with van der Waals surface area (Å²) in [7, 11) is 2.59. The van der Waals surface area contributed by atoms with Crippen LogP contribution in [0, 0.1) is 54.8 Å². The maximum atomic E-state index is 13.9. The van der Waals surface area contributed by atoms with Gasteiger partial charge in [0.15, 0.2) is 4.88 Å². The van der Waals surface area contributed by atoms with Crippen LogP contribution in [0.15, 0.2) is 54.6 Å². The van der Waals surface area contributed by atoms with Crippen molar-refractivity contribution in [1.82, 2.24) is 4.98 Å². The van der Waals surface area contributed by atoms with Gasteiger partial charge in [0.2, 0.25) is 5.95 Å². The fraction of sp³-hybridized carbons (Fsp3) is 0.537. The van der Waals surface area contributed by atoms with Gasteiger partial charge in [0.05, 0.1) is 56.1 Å². The molecule has 2 fully saturated rings. The van der Waals surface area contributed by atoms with Crippen molar-refractivity contribution in [2.75, 3.05) is 34.0 Å².